The largest absolute Gasteiger partial charge is 0.396 e. The van der Waals surface area contributed by atoms with Crippen molar-refractivity contribution >= 4 is 5.69 Å². The molecule has 1 saturated carbocycles. The number of hydrogen-bond acceptors (Lipinski definition) is 2. The molecule has 1 aliphatic rings. The minimum atomic E-state index is -0.897. The van der Waals surface area contributed by atoms with Crippen LogP contribution in [0.3, 0.4) is 0 Å². The first kappa shape index (κ1) is 12.1. The van der Waals surface area contributed by atoms with E-state index in [0.717, 1.165) is 18.9 Å². The van der Waals surface area contributed by atoms with Crippen molar-refractivity contribution in [3.8, 4) is 11.3 Å². The highest BCUT2D eigenvalue weighted by atomic mass is 19.2. The van der Waals surface area contributed by atoms with Gasteiger partial charge in [-0.05, 0) is 25.0 Å². The van der Waals surface area contributed by atoms with Crippen LogP contribution in [0.25, 0.3) is 11.3 Å². The Morgan fingerprint density at radius 1 is 1.21 bits per heavy atom. The van der Waals surface area contributed by atoms with E-state index in [-0.39, 0.29) is 5.56 Å². The number of anilines is 1. The molecule has 100 valence electrons. The number of nitrogen functional groups attached to an aromatic ring is 1. The van der Waals surface area contributed by atoms with Crippen molar-refractivity contribution in [1.82, 2.24) is 9.78 Å². The fraction of sp³-hybridized carbons (Fsp3) is 0.357. The zero-order valence-electron chi connectivity index (χ0n) is 10.4. The second kappa shape index (κ2) is 4.64. The van der Waals surface area contributed by atoms with Crippen molar-refractivity contribution in [3.05, 3.63) is 36.0 Å². The van der Waals surface area contributed by atoms with Gasteiger partial charge < -0.3 is 5.73 Å². The first-order chi connectivity index (χ1) is 9.16. The van der Waals surface area contributed by atoms with Gasteiger partial charge >= 0.3 is 0 Å². The Labute approximate surface area is 110 Å². The third kappa shape index (κ3) is 2.09. The van der Waals surface area contributed by atoms with E-state index in [2.05, 4.69) is 5.10 Å². The number of nitrogens with two attached hydrogens (primary N) is 1. The van der Waals surface area contributed by atoms with Crippen molar-refractivity contribution in [2.75, 3.05) is 5.73 Å². The van der Waals surface area contributed by atoms with E-state index >= 15 is 0 Å². The van der Waals surface area contributed by atoms with Crippen molar-refractivity contribution in [2.45, 2.75) is 31.7 Å². The van der Waals surface area contributed by atoms with E-state index < -0.39 is 11.6 Å². The molecule has 3 rings (SSSR count). The molecular formula is C14H15F2N3. The number of aromatic nitrogens is 2. The number of nitrogens with zero attached hydrogens (tertiary/aromatic N) is 2. The van der Waals surface area contributed by atoms with Crippen molar-refractivity contribution in [1.29, 1.82) is 0 Å². The van der Waals surface area contributed by atoms with Gasteiger partial charge in [0.2, 0.25) is 0 Å². The van der Waals surface area contributed by atoms with E-state index in [9.17, 15) is 8.78 Å². The third-order valence-corrected chi connectivity index (χ3v) is 3.67. The number of benzene rings is 1. The molecule has 0 radical (unpaired) electrons. The van der Waals surface area contributed by atoms with Crippen LogP contribution in [0.5, 0.6) is 0 Å². The lowest BCUT2D eigenvalue weighted by atomic mass is 10.1. The van der Waals surface area contributed by atoms with Gasteiger partial charge in [0.15, 0.2) is 11.6 Å². The molecule has 3 nitrogen and oxygen atoms in total. The van der Waals surface area contributed by atoms with Crippen LogP contribution in [0.4, 0.5) is 14.5 Å². The predicted octanol–water partition coefficient (Wildman–Crippen LogP) is 3.53. The molecule has 0 amide bonds. The fourth-order valence-electron chi connectivity index (χ4n) is 2.66. The average Bonchev–Trinajstić information content (AvgIpc) is 3.02. The smallest absolute Gasteiger partial charge is 0.168 e. The predicted molar refractivity (Wildman–Crippen MR) is 69.5 cm³/mol. The summed E-state index contributed by atoms with van der Waals surface area (Å²) >= 11 is 0. The van der Waals surface area contributed by atoms with Crippen LogP contribution in [0.1, 0.15) is 31.7 Å². The van der Waals surface area contributed by atoms with Gasteiger partial charge in [-0.3, -0.25) is 4.68 Å². The van der Waals surface area contributed by atoms with E-state index in [0.29, 0.717) is 17.4 Å². The molecule has 1 aliphatic carbocycles. The summed E-state index contributed by atoms with van der Waals surface area (Å²) in [5, 5.41) is 4.35. The van der Waals surface area contributed by atoms with E-state index in [4.69, 9.17) is 5.73 Å². The monoisotopic (exact) mass is 263 g/mol. The molecule has 1 aromatic carbocycles. The maximum atomic E-state index is 13.8. The maximum absolute atomic E-state index is 13.8. The van der Waals surface area contributed by atoms with Crippen molar-refractivity contribution in [3.63, 3.8) is 0 Å². The number of halogens is 2. The van der Waals surface area contributed by atoms with Gasteiger partial charge in [-0.1, -0.05) is 18.9 Å². The highest BCUT2D eigenvalue weighted by Gasteiger charge is 2.21. The van der Waals surface area contributed by atoms with Gasteiger partial charge in [0.25, 0.3) is 0 Å². The van der Waals surface area contributed by atoms with Crippen LogP contribution in [0.15, 0.2) is 24.4 Å². The molecule has 5 heteroatoms. The molecule has 0 saturated heterocycles. The normalized spacial score (nSPS) is 16.1. The molecule has 2 N–H and O–H groups in total. The second-order valence-electron chi connectivity index (χ2n) is 4.95. The van der Waals surface area contributed by atoms with Crippen LogP contribution in [0.2, 0.25) is 0 Å². The van der Waals surface area contributed by atoms with Gasteiger partial charge in [0, 0.05) is 11.8 Å². The van der Waals surface area contributed by atoms with Crippen LogP contribution in [-0.2, 0) is 0 Å². The molecule has 0 aliphatic heterocycles. The van der Waals surface area contributed by atoms with Crippen LogP contribution in [-0.4, -0.2) is 9.78 Å². The van der Waals surface area contributed by atoms with Crippen LogP contribution in [0, 0.1) is 11.6 Å². The zero-order valence-corrected chi connectivity index (χ0v) is 10.4. The molecule has 1 fully saturated rings. The fourth-order valence-corrected chi connectivity index (χ4v) is 2.66. The molecule has 2 aromatic rings. The Morgan fingerprint density at radius 3 is 2.68 bits per heavy atom. The minimum Gasteiger partial charge on any atom is -0.396 e. The maximum Gasteiger partial charge on any atom is 0.168 e. The summed E-state index contributed by atoms with van der Waals surface area (Å²) in [7, 11) is 0. The van der Waals surface area contributed by atoms with Gasteiger partial charge in [-0.2, -0.15) is 5.10 Å². The summed E-state index contributed by atoms with van der Waals surface area (Å²) in [5.41, 5.74) is 6.72. The molecule has 0 bridgehead atoms. The first-order valence-electron chi connectivity index (χ1n) is 6.46. The van der Waals surface area contributed by atoms with Crippen molar-refractivity contribution < 1.29 is 8.78 Å². The lowest BCUT2D eigenvalue weighted by Crippen LogP contribution is -2.05. The van der Waals surface area contributed by atoms with Crippen LogP contribution >= 0.6 is 0 Å². The highest BCUT2D eigenvalue weighted by molar-refractivity contribution is 5.72. The van der Waals surface area contributed by atoms with Gasteiger partial charge in [0.05, 0.1) is 11.7 Å². The second-order valence-corrected chi connectivity index (χ2v) is 4.95. The Kier molecular flexibility index (Phi) is 2.97. The van der Waals surface area contributed by atoms with Gasteiger partial charge in [-0.15, -0.1) is 0 Å². The van der Waals surface area contributed by atoms with E-state index in [1.807, 2.05) is 0 Å². The summed E-state index contributed by atoms with van der Waals surface area (Å²) in [6.45, 7) is 0. The Hall–Kier alpha value is -1.91. The minimum absolute atomic E-state index is 0.120. The molecule has 0 atom stereocenters. The van der Waals surface area contributed by atoms with Gasteiger partial charge in [0.1, 0.15) is 5.69 Å². The number of rotatable bonds is 2. The summed E-state index contributed by atoms with van der Waals surface area (Å²) in [6.07, 6.45) is 6.19. The summed E-state index contributed by atoms with van der Waals surface area (Å²) in [5.74, 6) is -1.78. The third-order valence-electron chi connectivity index (χ3n) is 3.67. The van der Waals surface area contributed by atoms with Crippen LogP contribution < -0.4 is 5.73 Å². The molecular weight excluding hydrogens is 248 g/mol. The van der Waals surface area contributed by atoms with Crippen molar-refractivity contribution in [2.24, 2.45) is 0 Å². The van der Waals surface area contributed by atoms with E-state index in [1.54, 1.807) is 10.9 Å². The Bertz CT molecular complexity index is 601. The molecule has 1 heterocycles. The number of hydrogen-bond donors (Lipinski definition) is 1. The lowest BCUT2D eigenvalue weighted by Gasteiger charge is -2.08. The quantitative estimate of drug-likeness (QED) is 0.900. The molecule has 1 aromatic heterocycles. The van der Waals surface area contributed by atoms with E-state index in [1.165, 1.54) is 25.0 Å². The SMILES string of the molecule is Nc1cn(C2CCCC2)nc1-c1cccc(F)c1F. The molecule has 19 heavy (non-hydrogen) atoms. The molecule has 0 spiro atoms. The Morgan fingerprint density at radius 2 is 1.95 bits per heavy atom. The first-order valence-corrected chi connectivity index (χ1v) is 6.46. The standard InChI is InChI=1S/C14H15F2N3/c15-11-7-3-6-10(13(11)16)14-12(17)8-19(18-14)9-4-1-2-5-9/h3,6-9H,1-2,4-5,17H2. The Balaban J connectivity index is 2.03. The average molecular weight is 263 g/mol. The lowest BCUT2D eigenvalue weighted by molar-refractivity contribution is 0.467. The topological polar surface area (TPSA) is 43.8 Å². The highest BCUT2D eigenvalue weighted by Crippen LogP contribution is 2.33. The molecule has 0 unspecified atom stereocenters. The summed E-state index contributed by atoms with van der Waals surface area (Å²) < 4.78 is 28.8. The zero-order chi connectivity index (χ0) is 13.4. The summed E-state index contributed by atoms with van der Waals surface area (Å²) in [4.78, 5) is 0. The summed E-state index contributed by atoms with van der Waals surface area (Å²) in [6, 6.07) is 4.37. The van der Waals surface area contributed by atoms with Gasteiger partial charge in [-0.25, -0.2) is 8.78 Å².